The zero-order valence-electron chi connectivity index (χ0n) is 21.1. The summed E-state index contributed by atoms with van der Waals surface area (Å²) in [4.78, 5) is 31.8. The second-order valence-electron chi connectivity index (χ2n) is 9.94. The number of thiophene rings is 1. The van der Waals surface area contributed by atoms with Crippen molar-refractivity contribution in [3.63, 3.8) is 0 Å². The second kappa shape index (κ2) is 9.39. The number of carbonyl (C=O) groups is 1. The van der Waals surface area contributed by atoms with Gasteiger partial charge in [-0.25, -0.2) is 14.4 Å². The molecular formula is C29H24FN7OS. The average Bonchev–Trinajstić information content (AvgIpc) is 3.74. The molecule has 39 heavy (non-hydrogen) atoms. The smallest absolute Gasteiger partial charge is 0.227 e. The molecular weight excluding hydrogens is 513 g/mol. The van der Waals surface area contributed by atoms with Gasteiger partial charge in [-0.1, -0.05) is 12.8 Å². The summed E-state index contributed by atoms with van der Waals surface area (Å²) >= 11 is 1.71. The van der Waals surface area contributed by atoms with Crippen molar-refractivity contribution in [2.45, 2.75) is 32.6 Å². The maximum Gasteiger partial charge on any atom is 0.227 e. The molecule has 0 aliphatic heterocycles. The quantitative estimate of drug-likeness (QED) is 0.222. The third kappa shape index (κ3) is 4.26. The number of amides is 1. The number of aromatic nitrogens is 6. The van der Waals surface area contributed by atoms with Crippen LogP contribution in [0.25, 0.3) is 55.2 Å². The number of imidazole rings is 1. The van der Waals surface area contributed by atoms with Gasteiger partial charge in [0.1, 0.15) is 11.5 Å². The highest BCUT2D eigenvalue weighted by Crippen LogP contribution is 2.36. The largest absolute Gasteiger partial charge is 0.335 e. The number of H-pyrrole nitrogens is 2. The highest BCUT2D eigenvalue weighted by molar-refractivity contribution is 7.15. The van der Waals surface area contributed by atoms with Crippen molar-refractivity contribution in [3.8, 4) is 33.1 Å². The van der Waals surface area contributed by atoms with Crippen LogP contribution >= 0.6 is 11.3 Å². The zero-order chi connectivity index (χ0) is 26.5. The fourth-order valence-corrected chi connectivity index (χ4v) is 6.23. The van der Waals surface area contributed by atoms with Gasteiger partial charge < -0.3 is 10.3 Å². The lowest BCUT2D eigenvalue weighted by Crippen LogP contribution is -2.20. The number of pyridine rings is 2. The Labute approximate surface area is 226 Å². The predicted molar refractivity (Wildman–Crippen MR) is 151 cm³/mol. The van der Waals surface area contributed by atoms with Gasteiger partial charge in [-0.3, -0.25) is 14.9 Å². The van der Waals surface area contributed by atoms with Crippen LogP contribution in [0, 0.1) is 18.7 Å². The summed E-state index contributed by atoms with van der Waals surface area (Å²) in [6.45, 7) is 2.08. The van der Waals surface area contributed by atoms with Crippen LogP contribution in [0.2, 0.25) is 0 Å². The molecule has 10 heteroatoms. The highest BCUT2D eigenvalue weighted by atomic mass is 32.1. The van der Waals surface area contributed by atoms with Crippen LogP contribution < -0.4 is 5.32 Å². The number of benzene rings is 1. The fraction of sp³-hybridized carbons (Fsp3) is 0.207. The molecule has 5 aromatic heterocycles. The minimum atomic E-state index is -0.416. The number of halogens is 1. The first kappa shape index (κ1) is 23.7. The van der Waals surface area contributed by atoms with Gasteiger partial charge in [0.15, 0.2) is 11.5 Å². The van der Waals surface area contributed by atoms with E-state index >= 15 is 4.39 Å². The van der Waals surface area contributed by atoms with Gasteiger partial charge in [0.2, 0.25) is 5.91 Å². The molecule has 0 unspecified atom stereocenters. The number of nitrogens with one attached hydrogen (secondary N) is 3. The van der Waals surface area contributed by atoms with Crippen LogP contribution in [0.5, 0.6) is 0 Å². The molecule has 1 aliphatic carbocycles. The van der Waals surface area contributed by atoms with E-state index in [1.54, 1.807) is 42.1 Å². The van der Waals surface area contributed by atoms with Crippen LogP contribution in [0.1, 0.15) is 30.6 Å². The van der Waals surface area contributed by atoms with Gasteiger partial charge >= 0.3 is 0 Å². The monoisotopic (exact) mass is 537 g/mol. The van der Waals surface area contributed by atoms with E-state index in [4.69, 9.17) is 4.98 Å². The van der Waals surface area contributed by atoms with Gasteiger partial charge in [0, 0.05) is 56.2 Å². The number of rotatable bonds is 5. The van der Waals surface area contributed by atoms with Crippen LogP contribution in [-0.2, 0) is 4.79 Å². The van der Waals surface area contributed by atoms with Crippen molar-refractivity contribution in [2.75, 3.05) is 5.32 Å². The lowest BCUT2D eigenvalue weighted by Gasteiger charge is -2.11. The van der Waals surface area contributed by atoms with E-state index in [0.29, 0.717) is 44.9 Å². The lowest BCUT2D eigenvalue weighted by atomic mass is 10.0. The van der Waals surface area contributed by atoms with Crippen molar-refractivity contribution in [3.05, 3.63) is 65.7 Å². The number of nitrogens with zero attached hydrogens (tertiary/aromatic N) is 4. The second-order valence-corrected chi connectivity index (χ2v) is 11.2. The Morgan fingerprint density at radius 2 is 1.97 bits per heavy atom. The zero-order valence-corrected chi connectivity index (χ0v) is 21.9. The Hall–Kier alpha value is -4.44. The molecule has 3 N–H and O–H groups in total. The molecule has 1 saturated carbocycles. The molecule has 0 atom stereocenters. The first-order valence-electron chi connectivity index (χ1n) is 12.9. The summed E-state index contributed by atoms with van der Waals surface area (Å²) in [5, 5.41) is 11.1. The van der Waals surface area contributed by atoms with Crippen LogP contribution in [0.4, 0.5) is 10.1 Å². The minimum absolute atomic E-state index is 0.00457. The Bertz CT molecular complexity index is 1860. The van der Waals surface area contributed by atoms with Crippen molar-refractivity contribution in [2.24, 2.45) is 5.92 Å². The highest BCUT2D eigenvalue weighted by Gasteiger charge is 2.23. The maximum atomic E-state index is 15.3. The van der Waals surface area contributed by atoms with Gasteiger partial charge in [0.25, 0.3) is 0 Å². The molecule has 1 aromatic carbocycles. The van der Waals surface area contributed by atoms with Crippen molar-refractivity contribution >= 4 is 45.0 Å². The Kier molecular flexibility index (Phi) is 5.70. The fourth-order valence-electron chi connectivity index (χ4n) is 5.34. The normalized spacial score (nSPS) is 14.0. The molecule has 7 rings (SSSR count). The number of anilines is 1. The molecule has 1 aliphatic rings. The van der Waals surface area contributed by atoms with Crippen LogP contribution in [0.15, 0.2) is 55.0 Å². The Morgan fingerprint density at radius 3 is 2.79 bits per heavy atom. The van der Waals surface area contributed by atoms with E-state index in [9.17, 15) is 4.79 Å². The summed E-state index contributed by atoms with van der Waals surface area (Å²) in [5.41, 5.74) is 5.02. The topological polar surface area (TPSA) is 112 Å². The summed E-state index contributed by atoms with van der Waals surface area (Å²) in [6.07, 6.45) is 8.88. The number of fused-ring (bicyclic) bond motifs is 2. The summed E-state index contributed by atoms with van der Waals surface area (Å²) < 4.78 is 15.3. The first-order chi connectivity index (χ1) is 19.0. The third-order valence-corrected chi connectivity index (χ3v) is 8.35. The van der Waals surface area contributed by atoms with E-state index in [1.165, 1.54) is 10.9 Å². The summed E-state index contributed by atoms with van der Waals surface area (Å²) in [7, 11) is 0. The van der Waals surface area contributed by atoms with E-state index < -0.39 is 5.82 Å². The van der Waals surface area contributed by atoms with E-state index in [0.717, 1.165) is 41.6 Å². The van der Waals surface area contributed by atoms with Gasteiger partial charge in [-0.05, 0) is 50.1 Å². The van der Waals surface area contributed by atoms with E-state index in [-0.39, 0.29) is 11.8 Å². The first-order valence-corrected chi connectivity index (χ1v) is 13.7. The van der Waals surface area contributed by atoms with Crippen molar-refractivity contribution in [1.82, 2.24) is 30.1 Å². The third-order valence-electron chi connectivity index (χ3n) is 7.32. The molecule has 0 bridgehead atoms. The minimum Gasteiger partial charge on any atom is -0.335 e. The molecule has 1 fully saturated rings. The number of carbonyl (C=O) groups excluding carboxylic acids is 1. The number of hydrogen-bond acceptors (Lipinski definition) is 6. The van der Waals surface area contributed by atoms with E-state index in [1.807, 2.05) is 6.07 Å². The van der Waals surface area contributed by atoms with E-state index in [2.05, 4.69) is 49.5 Å². The SMILES string of the molecule is Cc1ccc(-c2ccnc3nc(-c4n[nH]c5cc(F)c(-c6cncc(NC(=O)C7CCCC7)c6)cc45)[nH]c23)s1. The molecule has 1 amide bonds. The predicted octanol–water partition coefficient (Wildman–Crippen LogP) is 6.87. The number of aromatic amines is 2. The standard InChI is InChI=1S/C29H24FN7OS/c1-15-6-7-24(39-15)19-8-9-32-27-25(19)34-28(35-27)26-21-11-20(22(30)12-23(21)36-37-26)17-10-18(14-31-13-17)33-29(38)16-4-2-3-5-16/h6-14,16H,2-5H2,1H3,(H,33,38)(H,36,37)(H,32,34,35). The van der Waals surface area contributed by atoms with Gasteiger partial charge in [-0.2, -0.15) is 5.10 Å². The Balaban J connectivity index is 1.27. The summed E-state index contributed by atoms with van der Waals surface area (Å²) in [6, 6.07) is 11.1. The molecule has 0 radical (unpaired) electrons. The molecule has 0 spiro atoms. The molecule has 194 valence electrons. The molecule has 8 nitrogen and oxygen atoms in total. The van der Waals surface area contributed by atoms with Gasteiger partial charge in [-0.15, -0.1) is 11.3 Å². The maximum absolute atomic E-state index is 15.3. The Morgan fingerprint density at radius 1 is 1.10 bits per heavy atom. The van der Waals surface area contributed by atoms with Crippen LogP contribution in [0.3, 0.4) is 0 Å². The molecule has 0 saturated heterocycles. The molecule has 6 aromatic rings. The van der Waals surface area contributed by atoms with Crippen molar-refractivity contribution < 1.29 is 9.18 Å². The molecule has 5 heterocycles. The number of hydrogen-bond donors (Lipinski definition) is 3. The van der Waals surface area contributed by atoms with Crippen molar-refractivity contribution in [1.29, 1.82) is 0 Å². The summed E-state index contributed by atoms with van der Waals surface area (Å²) in [5.74, 6) is 0.145. The lowest BCUT2D eigenvalue weighted by molar-refractivity contribution is -0.119. The van der Waals surface area contributed by atoms with Gasteiger partial charge in [0.05, 0.1) is 22.9 Å². The number of aryl methyl sites for hydroxylation is 1. The van der Waals surface area contributed by atoms with Crippen LogP contribution in [-0.4, -0.2) is 36.0 Å². The average molecular weight is 538 g/mol.